The highest BCUT2D eigenvalue weighted by Crippen LogP contribution is 2.41. The van der Waals surface area contributed by atoms with E-state index >= 15 is 0 Å². The van der Waals surface area contributed by atoms with Crippen LogP contribution in [-0.2, 0) is 15.7 Å². The third kappa shape index (κ3) is 7.73. The van der Waals surface area contributed by atoms with Gasteiger partial charge < -0.3 is 9.46 Å². The molecule has 0 spiro atoms. The van der Waals surface area contributed by atoms with Crippen molar-refractivity contribution in [2.45, 2.75) is 6.54 Å². The number of rotatable bonds is 8. The molecule has 1 aliphatic rings. The average molecular weight is 526 g/mol. The predicted molar refractivity (Wildman–Crippen MR) is 150 cm³/mol. The van der Waals surface area contributed by atoms with Gasteiger partial charge in [0.2, 0.25) is 7.37 Å². The molecule has 2 atom stereocenters. The van der Waals surface area contributed by atoms with E-state index in [9.17, 15) is 14.0 Å². The maximum Gasteiger partial charge on any atom is 0.243 e. The van der Waals surface area contributed by atoms with Crippen molar-refractivity contribution in [2.75, 3.05) is 58.5 Å². The lowest BCUT2D eigenvalue weighted by atomic mass is 10.2. The Morgan fingerprint density at radius 1 is 0.611 bits per heavy atom. The van der Waals surface area contributed by atoms with Gasteiger partial charge in [-0.1, -0.05) is 78.9 Å². The van der Waals surface area contributed by atoms with Crippen LogP contribution in [0.4, 0.5) is 0 Å². The van der Waals surface area contributed by atoms with Gasteiger partial charge in [0.15, 0.2) is 0 Å². The van der Waals surface area contributed by atoms with Crippen molar-refractivity contribution in [3.63, 3.8) is 0 Å². The first kappa shape index (κ1) is 27.0. The van der Waals surface area contributed by atoms with Gasteiger partial charge in [-0.3, -0.25) is 19.3 Å². The molecule has 0 saturated carbocycles. The molecule has 192 valence electrons. The lowest BCUT2D eigenvalue weighted by Crippen LogP contribution is -2.38. The third-order valence-corrected chi connectivity index (χ3v) is 11.0. The highest BCUT2D eigenvalue weighted by atomic mass is 31.2. The number of hydrogen-bond acceptors (Lipinski definition) is 5. The molecule has 4 rings (SSSR count). The Morgan fingerprint density at radius 2 is 1.03 bits per heavy atom. The standard InChI is InChI=1S/C28H37N3O3P2/c1-35(32,27-13-7-3-8-14-27)24-30-19-17-29(23-26-11-5-2-6-12-26)18-20-31(22-21-30)25-36(33,34)28-15-9-4-10-16-28/h2-16H,17-25H2,1H3,(H,33,34). The number of benzene rings is 3. The number of hydrogen-bond donors (Lipinski definition) is 1. The molecule has 3 aromatic rings. The molecule has 0 aliphatic carbocycles. The Hall–Kier alpha value is -2.04. The van der Waals surface area contributed by atoms with E-state index in [1.54, 1.807) is 12.1 Å². The van der Waals surface area contributed by atoms with Crippen LogP contribution >= 0.6 is 14.5 Å². The van der Waals surface area contributed by atoms with Crippen molar-refractivity contribution < 1.29 is 14.0 Å². The SMILES string of the molecule is CP(=O)(CN1CCN(Cc2ccccc2)CCN(CP(=O)(O)c2ccccc2)CC1)c1ccccc1. The number of nitrogens with zero attached hydrogens (tertiary/aromatic N) is 3. The largest absolute Gasteiger partial charge is 0.340 e. The molecule has 0 radical (unpaired) electrons. The molecule has 3 aromatic carbocycles. The quantitative estimate of drug-likeness (QED) is 0.450. The normalized spacial score (nSPS) is 19.9. The summed E-state index contributed by atoms with van der Waals surface area (Å²) in [5, 5.41) is 1.39. The van der Waals surface area contributed by atoms with Gasteiger partial charge in [-0.25, -0.2) is 0 Å². The van der Waals surface area contributed by atoms with Crippen molar-refractivity contribution >= 4 is 25.1 Å². The van der Waals surface area contributed by atoms with Crippen LogP contribution in [-0.4, -0.2) is 78.1 Å². The highest BCUT2D eigenvalue weighted by molar-refractivity contribution is 7.70. The van der Waals surface area contributed by atoms with Gasteiger partial charge in [0, 0.05) is 56.4 Å². The van der Waals surface area contributed by atoms with E-state index in [0.29, 0.717) is 31.2 Å². The summed E-state index contributed by atoms with van der Waals surface area (Å²) in [6.45, 7) is 7.23. The summed E-state index contributed by atoms with van der Waals surface area (Å²) < 4.78 is 27.0. The van der Waals surface area contributed by atoms with E-state index < -0.39 is 14.5 Å². The van der Waals surface area contributed by atoms with Gasteiger partial charge in [-0.15, -0.1) is 0 Å². The maximum atomic E-state index is 13.7. The summed E-state index contributed by atoms with van der Waals surface area (Å²) in [6.07, 6.45) is 0.617. The minimum atomic E-state index is -3.52. The Balaban J connectivity index is 1.51. The van der Waals surface area contributed by atoms with Gasteiger partial charge in [-0.05, 0) is 24.4 Å². The zero-order chi connectivity index (χ0) is 25.4. The van der Waals surface area contributed by atoms with Crippen molar-refractivity contribution in [2.24, 2.45) is 0 Å². The minimum absolute atomic E-state index is 0.118. The highest BCUT2D eigenvalue weighted by Gasteiger charge is 2.28. The summed E-state index contributed by atoms with van der Waals surface area (Å²) in [5.74, 6) is 0. The van der Waals surface area contributed by atoms with Gasteiger partial charge in [-0.2, -0.15) is 0 Å². The molecular formula is C28H37N3O3P2. The minimum Gasteiger partial charge on any atom is -0.340 e. The van der Waals surface area contributed by atoms with Crippen molar-refractivity contribution in [3.8, 4) is 0 Å². The third-order valence-electron chi connectivity index (χ3n) is 6.77. The molecule has 6 nitrogen and oxygen atoms in total. The topological polar surface area (TPSA) is 64.1 Å². The summed E-state index contributed by atoms with van der Waals surface area (Å²) in [4.78, 5) is 17.7. The smallest absolute Gasteiger partial charge is 0.243 e. The Bertz CT molecular complexity index is 1100. The average Bonchev–Trinajstić information content (AvgIpc) is 2.97. The molecule has 1 heterocycles. The Morgan fingerprint density at radius 3 is 1.56 bits per heavy atom. The van der Waals surface area contributed by atoms with Crippen LogP contribution in [0.25, 0.3) is 0 Å². The fourth-order valence-corrected chi connectivity index (χ4v) is 8.33. The Kier molecular flexibility index (Phi) is 9.35. The molecule has 0 amide bonds. The molecule has 1 aliphatic heterocycles. The first-order chi connectivity index (χ1) is 17.3. The molecule has 1 fully saturated rings. The van der Waals surface area contributed by atoms with Crippen LogP contribution in [0.15, 0.2) is 91.0 Å². The summed E-state index contributed by atoms with van der Waals surface area (Å²) in [7, 11) is -6.09. The van der Waals surface area contributed by atoms with Crippen LogP contribution < -0.4 is 10.6 Å². The van der Waals surface area contributed by atoms with Crippen LogP contribution in [0.3, 0.4) is 0 Å². The fourth-order valence-electron chi connectivity index (χ4n) is 4.69. The van der Waals surface area contributed by atoms with E-state index in [2.05, 4.69) is 39.0 Å². The molecule has 8 heteroatoms. The van der Waals surface area contributed by atoms with Crippen LogP contribution in [0.1, 0.15) is 5.56 Å². The predicted octanol–water partition coefficient (Wildman–Crippen LogP) is 3.94. The molecule has 0 bridgehead atoms. The van der Waals surface area contributed by atoms with Crippen molar-refractivity contribution in [1.82, 2.24) is 14.7 Å². The second-order valence-corrected chi connectivity index (χ2v) is 15.0. The molecule has 36 heavy (non-hydrogen) atoms. The summed E-state index contributed by atoms with van der Waals surface area (Å²) in [6, 6.07) is 29.1. The maximum absolute atomic E-state index is 13.7. The van der Waals surface area contributed by atoms with Gasteiger partial charge in [0.25, 0.3) is 0 Å². The van der Waals surface area contributed by atoms with Crippen molar-refractivity contribution in [1.29, 1.82) is 0 Å². The molecule has 2 unspecified atom stereocenters. The molecule has 1 N–H and O–H groups in total. The van der Waals surface area contributed by atoms with Gasteiger partial charge in [0.05, 0.1) is 12.6 Å². The van der Waals surface area contributed by atoms with Crippen molar-refractivity contribution in [3.05, 3.63) is 96.6 Å². The van der Waals surface area contributed by atoms with E-state index in [1.165, 1.54) is 5.56 Å². The van der Waals surface area contributed by atoms with Gasteiger partial charge >= 0.3 is 0 Å². The Labute approximate surface area is 215 Å². The molecule has 0 aromatic heterocycles. The summed E-state index contributed by atoms with van der Waals surface area (Å²) >= 11 is 0. The lowest BCUT2D eigenvalue weighted by Gasteiger charge is -2.29. The second kappa shape index (κ2) is 12.5. The zero-order valence-electron chi connectivity index (χ0n) is 21.0. The van der Waals surface area contributed by atoms with Crippen LogP contribution in [0.5, 0.6) is 0 Å². The first-order valence-electron chi connectivity index (χ1n) is 12.5. The van der Waals surface area contributed by atoms with E-state index in [1.807, 2.05) is 61.3 Å². The van der Waals surface area contributed by atoms with Crippen LogP contribution in [0.2, 0.25) is 0 Å². The van der Waals surface area contributed by atoms with E-state index in [4.69, 9.17) is 0 Å². The molecular weight excluding hydrogens is 488 g/mol. The first-order valence-corrected chi connectivity index (χ1v) is 16.7. The zero-order valence-corrected chi connectivity index (χ0v) is 22.8. The lowest BCUT2D eigenvalue weighted by molar-refractivity contribution is 0.222. The monoisotopic (exact) mass is 525 g/mol. The second-order valence-electron chi connectivity index (χ2n) is 9.75. The summed E-state index contributed by atoms with van der Waals surface area (Å²) in [5.41, 5.74) is 1.25. The van der Waals surface area contributed by atoms with Crippen LogP contribution in [0, 0.1) is 0 Å². The van der Waals surface area contributed by atoms with E-state index in [-0.39, 0.29) is 6.29 Å². The molecule has 1 saturated heterocycles. The fraction of sp³-hybridized carbons (Fsp3) is 0.357. The van der Waals surface area contributed by atoms with E-state index in [0.717, 1.165) is 31.5 Å². The van der Waals surface area contributed by atoms with Gasteiger partial charge in [0.1, 0.15) is 7.14 Å².